The van der Waals surface area contributed by atoms with E-state index in [-0.39, 0.29) is 23.4 Å². The molecule has 0 aliphatic rings. The zero-order valence-corrected chi connectivity index (χ0v) is 16.0. The number of ether oxygens (including phenoxy) is 1. The van der Waals surface area contributed by atoms with Crippen molar-refractivity contribution >= 4 is 22.8 Å². The maximum absolute atomic E-state index is 12.8. The van der Waals surface area contributed by atoms with Crippen LogP contribution in [0, 0.1) is 0 Å². The molecular formula is C22H17N3O5. The van der Waals surface area contributed by atoms with Gasteiger partial charge in [0.05, 0.1) is 23.9 Å². The second-order valence-corrected chi connectivity index (χ2v) is 6.42. The third-order valence-corrected chi connectivity index (χ3v) is 4.50. The van der Waals surface area contributed by atoms with E-state index in [1.165, 1.54) is 18.0 Å². The quantitative estimate of drug-likeness (QED) is 0.406. The molecule has 0 aliphatic carbocycles. The van der Waals surface area contributed by atoms with Crippen LogP contribution in [-0.2, 0) is 9.53 Å². The van der Waals surface area contributed by atoms with Gasteiger partial charge in [0.15, 0.2) is 0 Å². The van der Waals surface area contributed by atoms with Gasteiger partial charge in [-0.2, -0.15) is 5.10 Å². The van der Waals surface area contributed by atoms with E-state index in [2.05, 4.69) is 15.2 Å². The Morgan fingerprint density at radius 1 is 1.10 bits per heavy atom. The van der Waals surface area contributed by atoms with Gasteiger partial charge < -0.3 is 14.5 Å². The summed E-state index contributed by atoms with van der Waals surface area (Å²) in [5, 5.41) is 7.64. The highest BCUT2D eigenvalue weighted by atomic mass is 16.5. The summed E-state index contributed by atoms with van der Waals surface area (Å²) in [4.78, 5) is 36.8. The molecule has 1 amide bonds. The van der Waals surface area contributed by atoms with Gasteiger partial charge in [-0.05, 0) is 24.3 Å². The van der Waals surface area contributed by atoms with Gasteiger partial charge in [0, 0.05) is 11.6 Å². The largest absolute Gasteiger partial charge is 0.468 e. The van der Waals surface area contributed by atoms with Crippen LogP contribution < -0.4 is 10.9 Å². The predicted molar refractivity (Wildman–Crippen MR) is 109 cm³/mol. The molecule has 0 fully saturated rings. The smallest absolute Gasteiger partial charge is 0.345 e. The number of hydrogen-bond acceptors (Lipinski definition) is 6. The highest BCUT2D eigenvalue weighted by molar-refractivity contribution is 6.01. The Morgan fingerprint density at radius 2 is 1.83 bits per heavy atom. The summed E-state index contributed by atoms with van der Waals surface area (Å²) < 4.78 is 11.5. The monoisotopic (exact) mass is 403 g/mol. The van der Waals surface area contributed by atoms with Crippen LogP contribution in [0.2, 0.25) is 0 Å². The number of rotatable bonds is 5. The average Bonchev–Trinajstić information content (AvgIpc) is 3.22. The number of carbonyl (C=O) groups is 2. The SMILES string of the molecule is COC(=O)CNC(=O)c1cn(-c2ccccc2)nc1-c1cc2ccccc2oc1=O. The Kier molecular flexibility index (Phi) is 5.13. The maximum atomic E-state index is 12.8. The highest BCUT2D eigenvalue weighted by Crippen LogP contribution is 2.24. The zero-order valence-electron chi connectivity index (χ0n) is 16.0. The number of amides is 1. The number of hydrogen-bond donors (Lipinski definition) is 1. The van der Waals surface area contributed by atoms with E-state index in [1.807, 2.05) is 36.4 Å². The lowest BCUT2D eigenvalue weighted by molar-refractivity contribution is -0.139. The van der Waals surface area contributed by atoms with Crippen molar-refractivity contribution in [3.8, 4) is 16.9 Å². The fraction of sp³-hybridized carbons (Fsp3) is 0.0909. The molecule has 2 heterocycles. The minimum Gasteiger partial charge on any atom is -0.468 e. The van der Waals surface area contributed by atoms with Crippen LogP contribution in [0.15, 0.2) is 76.1 Å². The molecule has 8 nitrogen and oxygen atoms in total. The van der Waals surface area contributed by atoms with Crippen molar-refractivity contribution in [1.82, 2.24) is 15.1 Å². The zero-order chi connectivity index (χ0) is 21.1. The van der Waals surface area contributed by atoms with Gasteiger partial charge in [-0.3, -0.25) is 9.59 Å². The molecule has 0 spiro atoms. The van der Waals surface area contributed by atoms with Crippen LogP contribution in [0.1, 0.15) is 10.4 Å². The van der Waals surface area contributed by atoms with Crippen molar-refractivity contribution in [2.24, 2.45) is 0 Å². The van der Waals surface area contributed by atoms with Gasteiger partial charge in [-0.25, -0.2) is 9.48 Å². The van der Waals surface area contributed by atoms with E-state index in [0.717, 1.165) is 0 Å². The summed E-state index contributed by atoms with van der Waals surface area (Å²) in [6.45, 7) is -0.308. The number of aromatic nitrogens is 2. The first kappa shape index (κ1) is 19.1. The van der Waals surface area contributed by atoms with Gasteiger partial charge in [-0.1, -0.05) is 36.4 Å². The Bertz CT molecular complexity index is 1290. The molecule has 8 heteroatoms. The van der Waals surface area contributed by atoms with Gasteiger partial charge in [-0.15, -0.1) is 0 Å². The highest BCUT2D eigenvalue weighted by Gasteiger charge is 2.22. The number of methoxy groups -OCH3 is 1. The topological polar surface area (TPSA) is 103 Å². The van der Waals surface area contributed by atoms with E-state index in [4.69, 9.17) is 4.42 Å². The fourth-order valence-electron chi connectivity index (χ4n) is 3.00. The lowest BCUT2D eigenvalue weighted by Gasteiger charge is -2.04. The molecule has 2 aromatic carbocycles. The lowest BCUT2D eigenvalue weighted by Crippen LogP contribution is -2.30. The number of nitrogens with zero attached hydrogens (tertiary/aromatic N) is 2. The first-order valence-corrected chi connectivity index (χ1v) is 9.10. The van der Waals surface area contributed by atoms with Crippen LogP contribution in [0.25, 0.3) is 27.9 Å². The summed E-state index contributed by atoms with van der Waals surface area (Å²) in [5.74, 6) is -1.16. The standard InChI is InChI=1S/C22H17N3O5/c1-29-19(26)12-23-21(27)17-13-25(15-8-3-2-4-9-15)24-20(17)16-11-14-7-5-6-10-18(14)30-22(16)28/h2-11,13H,12H2,1H3,(H,23,27). The summed E-state index contributed by atoms with van der Waals surface area (Å²) in [6, 6.07) is 17.9. The van der Waals surface area contributed by atoms with Crippen LogP contribution >= 0.6 is 0 Å². The van der Waals surface area contributed by atoms with Crippen molar-refractivity contribution < 1.29 is 18.7 Å². The van der Waals surface area contributed by atoms with E-state index in [9.17, 15) is 14.4 Å². The maximum Gasteiger partial charge on any atom is 0.345 e. The van der Waals surface area contributed by atoms with Crippen LogP contribution in [0.3, 0.4) is 0 Å². The molecule has 0 saturated heterocycles. The van der Waals surface area contributed by atoms with Crippen LogP contribution in [-0.4, -0.2) is 35.3 Å². The Morgan fingerprint density at radius 3 is 2.60 bits per heavy atom. The molecule has 4 aromatic rings. The number of esters is 1. The van der Waals surface area contributed by atoms with Gasteiger partial charge in [0.2, 0.25) is 0 Å². The number of para-hydroxylation sites is 2. The molecule has 0 aliphatic heterocycles. The van der Waals surface area contributed by atoms with Crippen molar-refractivity contribution in [2.75, 3.05) is 13.7 Å². The molecule has 0 unspecified atom stereocenters. The molecule has 0 atom stereocenters. The van der Waals surface area contributed by atoms with Crippen molar-refractivity contribution in [3.63, 3.8) is 0 Å². The molecule has 0 bridgehead atoms. The van der Waals surface area contributed by atoms with E-state index < -0.39 is 17.5 Å². The van der Waals surface area contributed by atoms with E-state index in [1.54, 1.807) is 24.3 Å². The fourth-order valence-corrected chi connectivity index (χ4v) is 3.00. The average molecular weight is 403 g/mol. The first-order chi connectivity index (χ1) is 14.6. The molecule has 1 N–H and O–H groups in total. The van der Waals surface area contributed by atoms with Crippen molar-refractivity contribution in [2.45, 2.75) is 0 Å². The van der Waals surface area contributed by atoms with Gasteiger partial charge in [0.1, 0.15) is 17.8 Å². The van der Waals surface area contributed by atoms with Crippen LogP contribution in [0.4, 0.5) is 0 Å². The number of benzene rings is 2. The third-order valence-electron chi connectivity index (χ3n) is 4.50. The number of nitrogens with one attached hydrogen (secondary N) is 1. The normalized spacial score (nSPS) is 10.7. The molecule has 0 saturated carbocycles. The van der Waals surface area contributed by atoms with Crippen LogP contribution in [0.5, 0.6) is 0 Å². The predicted octanol–water partition coefficient (Wildman–Crippen LogP) is 2.55. The molecule has 30 heavy (non-hydrogen) atoms. The second-order valence-electron chi connectivity index (χ2n) is 6.42. The lowest BCUT2D eigenvalue weighted by atomic mass is 10.1. The molecule has 150 valence electrons. The Balaban J connectivity index is 1.84. The summed E-state index contributed by atoms with van der Waals surface area (Å²) >= 11 is 0. The Hall–Kier alpha value is -4.20. The first-order valence-electron chi connectivity index (χ1n) is 9.10. The summed E-state index contributed by atoms with van der Waals surface area (Å²) in [6.07, 6.45) is 1.51. The Labute approximate surface area is 170 Å². The summed E-state index contributed by atoms with van der Waals surface area (Å²) in [7, 11) is 1.23. The van der Waals surface area contributed by atoms with Gasteiger partial charge in [0.25, 0.3) is 5.91 Å². The summed E-state index contributed by atoms with van der Waals surface area (Å²) in [5.41, 5.74) is 0.952. The van der Waals surface area contributed by atoms with E-state index >= 15 is 0 Å². The molecular weight excluding hydrogens is 386 g/mol. The second kappa shape index (κ2) is 8.04. The van der Waals surface area contributed by atoms with Gasteiger partial charge >= 0.3 is 11.6 Å². The number of fused-ring (bicyclic) bond motifs is 1. The minimum absolute atomic E-state index is 0.130. The molecule has 0 radical (unpaired) electrons. The van der Waals surface area contributed by atoms with Crippen molar-refractivity contribution in [1.29, 1.82) is 0 Å². The molecule has 2 aromatic heterocycles. The molecule has 4 rings (SSSR count). The minimum atomic E-state index is -0.617. The third kappa shape index (κ3) is 3.70. The van der Waals surface area contributed by atoms with E-state index in [0.29, 0.717) is 16.7 Å². The number of carbonyl (C=O) groups excluding carboxylic acids is 2. The van der Waals surface area contributed by atoms with Crippen molar-refractivity contribution in [3.05, 3.63) is 82.8 Å².